The average molecular weight is 334 g/mol. The van der Waals surface area contributed by atoms with E-state index in [9.17, 15) is 10.2 Å². The second kappa shape index (κ2) is 5.35. The van der Waals surface area contributed by atoms with E-state index in [-0.39, 0.29) is 28.8 Å². The Morgan fingerprint density at radius 3 is 2.08 bits per heavy atom. The number of nitrogens with one attached hydrogen (secondary N) is 2. The summed E-state index contributed by atoms with van der Waals surface area (Å²) in [6.45, 7) is 8.43. The van der Waals surface area contributed by atoms with E-state index in [1.807, 2.05) is 18.2 Å². The number of quaternary nitrogens is 2. The van der Waals surface area contributed by atoms with Crippen molar-refractivity contribution in [2.24, 2.45) is 10.8 Å². The Morgan fingerprint density at radius 2 is 1.62 bits per heavy atom. The van der Waals surface area contributed by atoms with Crippen LogP contribution >= 0.6 is 0 Å². The van der Waals surface area contributed by atoms with Gasteiger partial charge in [-0.15, -0.1) is 0 Å². The standard InChI is InChI=1S/C19H28N2O3/c1-4-18-9-20-11-19(5-2,17(18)23)12-21(10-18)16(20)13-7-6-8-14(24-3)15(13)22/h6-8,16-17,22-23H,4-5,9-12H2,1-3H3/p+2. The Hall–Kier alpha value is -1.30. The van der Waals surface area contributed by atoms with Gasteiger partial charge < -0.3 is 14.9 Å². The normalized spacial score (nSPS) is 43.2. The third-order valence-electron chi connectivity index (χ3n) is 7.26. The number of aliphatic hydroxyl groups excluding tert-OH is 1. The van der Waals surface area contributed by atoms with Crippen molar-refractivity contribution in [3.8, 4) is 11.5 Å². The lowest BCUT2D eigenvalue weighted by atomic mass is 9.57. The topological polar surface area (TPSA) is 58.6 Å². The summed E-state index contributed by atoms with van der Waals surface area (Å²) in [6, 6.07) is 5.83. The summed E-state index contributed by atoms with van der Waals surface area (Å²) in [5, 5.41) is 21.8. The van der Waals surface area contributed by atoms with Crippen LogP contribution in [0.4, 0.5) is 0 Å². The molecule has 132 valence electrons. The van der Waals surface area contributed by atoms with Crippen LogP contribution in [0, 0.1) is 10.8 Å². The Morgan fingerprint density at radius 1 is 1.08 bits per heavy atom. The fraction of sp³-hybridized carbons (Fsp3) is 0.684. The van der Waals surface area contributed by atoms with E-state index in [1.54, 1.807) is 7.11 Å². The van der Waals surface area contributed by atoms with E-state index >= 15 is 0 Å². The zero-order valence-corrected chi connectivity index (χ0v) is 14.9. The highest BCUT2D eigenvalue weighted by Gasteiger charge is 2.70. The third-order valence-corrected chi connectivity index (χ3v) is 7.26. The molecule has 4 aliphatic rings. The van der Waals surface area contributed by atoms with Gasteiger partial charge in [0.25, 0.3) is 0 Å². The van der Waals surface area contributed by atoms with Gasteiger partial charge in [-0.2, -0.15) is 0 Å². The van der Waals surface area contributed by atoms with Crippen molar-refractivity contribution in [3.63, 3.8) is 0 Å². The van der Waals surface area contributed by atoms with Crippen molar-refractivity contribution in [2.45, 2.75) is 39.0 Å². The summed E-state index contributed by atoms with van der Waals surface area (Å²) in [5.41, 5.74) is 1.05. The monoisotopic (exact) mass is 334 g/mol. The van der Waals surface area contributed by atoms with E-state index in [1.165, 1.54) is 9.80 Å². The zero-order chi connectivity index (χ0) is 17.1. The molecule has 5 heteroatoms. The SMILES string of the molecule is CCC12C[NH+]3CC(CC)(C[NH+](C1)C3c1cccc(OC)c1O)C2O. The maximum absolute atomic E-state index is 11.1. The van der Waals surface area contributed by atoms with Crippen molar-refractivity contribution in [2.75, 3.05) is 33.3 Å². The van der Waals surface area contributed by atoms with Gasteiger partial charge in [0.1, 0.15) is 5.56 Å². The van der Waals surface area contributed by atoms with Crippen LogP contribution in [-0.2, 0) is 0 Å². The van der Waals surface area contributed by atoms with E-state index in [2.05, 4.69) is 13.8 Å². The maximum Gasteiger partial charge on any atom is 0.244 e. The largest absolute Gasteiger partial charge is 0.504 e. The summed E-state index contributed by atoms with van der Waals surface area (Å²) >= 11 is 0. The Balaban J connectivity index is 1.76. The molecule has 0 radical (unpaired) electrons. The molecule has 1 aromatic carbocycles. The molecule has 0 unspecified atom stereocenters. The van der Waals surface area contributed by atoms with Crippen molar-refractivity contribution in [3.05, 3.63) is 23.8 Å². The van der Waals surface area contributed by atoms with Crippen molar-refractivity contribution < 1.29 is 24.7 Å². The molecule has 0 spiro atoms. The van der Waals surface area contributed by atoms with Crippen LogP contribution in [0.1, 0.15) is 38.4 Å². The molecule has 4 heterocycles. The summed E-state index contributed by atoms with van der Waals surface area (Å²) in [5.74, 6) is 0.840. The molecule has 0 atom stereocenters. The fourth-order valence-corrected chi connectivity index (χ4v) is 6.06. The minimum Gasteiger partial charge on any atom is -0.504 e. The van der Waals surface area contributed by atoms with Crippen LogP contribution < -0.4 is 14.5 Å². The first kappa shape index (κ1) is 16.2. The van der Waals surface area contributed by atoms with E-state index < -0.39 is 0 Å². The average Bonchev–Trinajstić information content (AvgIpc) is 2.59. The maximum atomic E-state index is 11.1. The number of piperidine rings is 2. The third kappa shape index (κ3) is 1.92. The number of phenolic OH excluding ortho intramolecular Hbond substituents is 1. The predicted octanol–water partition coefficient (Wildman–Crippen LogP) is -0.636. The van der Waals surface area contributed by atoms with Gasteiger partial charge in [0.2, 0.25) is 6.17 Å². The van der Waals surface area contributed by atoms with Gasteiger partial charge in [-0.05, 0) is 25.0 Å². The van der Waals surface area contributed by atoms with Crippen LogP contribution in [0.15, 0.2) is 18.2 Å². The molecule has 0 saturated carbocycles. The molecular weight excluding hydrogens is 304 g/mol. The van der Waals surface area contributed by atoms with Crippen LogP contribution in [0.25, 0.3) is 0 Å². The van der Waals surface area contributed by atoms with Gasteiger partial charge >= 0.3 is 0 Å². The first-order valence-electron chi connectivity index (χ1n) is 9.23. The Kier molecular flexibility index (Phi) is 3.61. The molecule has 24 heavy (non-hydrogen) atoms. The molecule has 4 saturated heterocycles. The number of aliphatic hydroxyl groups is 1. The highest BCUT2D eigenvalue weighted by molar-refractivity contribution is 5.45. The summed E-state index contributed by atoms with van der Waals surface area (Å²) < 4.78 is 5.32. The zero-order valence-electron chi connectivity index (χ0n) is 14.9. The molecule has 4 bridgehead atoms. The molecule has 4 aliphatic heterocycles. The van der Waals surface area contributed by atoms with E-state index in [0.29, 0.717) is 5.75 Å². The lowest BCUT2D eigenvalue weighted by Gasteiger charge is -2.64. The van der Waals surface area contributed by atoms with Gasteiger partial charge in [0.15, 0.2) is 11.5 Å². The first-order valence-corrected chi connectivity index (χ1v) is 9.23. The van der Waals surface area contributed by atoms with Crippen LogP contribution in [-0.4, -0.2) is 49.6 Å². The predicted molar refractivity (Wildman–Crippen MR) is 90.2 cm³/mol. The van der Waals surface area contributed by atoms with Gasteiger partial charge in [0.05, 0.1) is 50.2 Å². The van der Waals surface area contributed by atoms with Crippen molar-refractivity contribution in [1.29, 1.82) is 0 Å². The molecule has 0 amide bonds. The lowest BCUT2D eigenvalue weighted by Crippen LogP contribution is -3.41. The Bertz CT molecular complexity index is 607. The van der Waals surface area contributed by atoms with Crippen LogP contribution in [0.2, 0.25) is 0 Å². The van der Waals surface area contributed by atoms with Crippen LogP contribution in [0.5, 0.6) is 11.5 Å². The van der Waals surface area contributed by atoms with E-state index in [4.69, 9.17) is 4.74 Å². The van der Waals surface area contributed by atoms with Gasteiger partial charge in [-0.25, -0.2) is 0 Å². The van der Waals surface area contributed by atoms with Crippen molar-refractivity contribution >= 4 is 0 Å². The molecular formula is C19H30N2O3+2. The number of methoxy groups -OCH3 is 1. The lowest BCUT2D eigenvalue weighted by molar-refractivity contribution is -1.19. The quantitative estimate of drug-likeness (QED) is 0.593. The van der Waals surface area contributed by atoms with Gasteiger partial charge in [-0.1, -0.05) is 19.9 Å². The summed E-state index contributed by atoms with van der Waals surface area (Å²) in [7, 11) is 1.60. The highest BCUT2D eigenvalue weighted by atomic mass is 16.5. The van der Waals surface area contributed by atoms with Crippen LogP contribution in [0.3, 0.4) is 0 Å². The van der Waals surface area contributed by atoms with Gasteiger partial charge in [-0.3, -0.25) is 9.80 Å². The summed E-state index contributed by atoms with van der Waals surface area (Å²) in [4.78, 5) is 3.03. The second-order valence-corrected chi connectivity index (χ2v) is 8.19. The van der Waals surface area contributed by atoms with Gasteiger partial charge in [0, 0.05) is 0 Å². The van der Waals surface area contributed by atoms with E-state index in [0.717, 1.165) is 44.6 Å². The highest BCUT2D eigenvalue weighted by Crippen LogP contribution is 2.45. The second-order valence-electron chi connectivity index (χ2n) is 8.19. The molecule has 4 fully saturated rings. The van der Waals surface area contributed by atoms with Crippen molar-refractivity contribution in [1.82, 2.24) is 0 Å². The number of para-hydroxylation sites is 1. The molecule has 4 N–H and O–H groups in total. The molecule has 0 aliphatic carbocycles. The number of hydrogen-bond donors (Lipinski definition) is 4. The molecule has 5 nitrogen and oxygen atoms in total. The smallest absolute Gasteiger partial charge is 0.244 e. The molecule has 0 aromatic heterocycles. The fourth-order valence-electron chi connectivity index (χ4n) is 6.06. The number of benzene rings is 1. The first-order chi connectivity index (χ1) is 11.5. The molecule has 1 aromatic rings. The Labute approximate surface area is 143 Å². The number of aromatic hydroxyl groups is 1. The number of rotatable bonds is 4. The number of hydrogen-bond acceptors (Lipinski definition) is 3. The number of phenols is 1. The minimum atomic E-state index is -0.188. The molecule has 5 rings (SSSR count). The minimum absolute atomic E-state index is 0.0299. The summed E-state index contributed by atoms with van der Waals surface area (Å²) in [6.07, 6.45) is 2.11. The number of ether oxygens (including phenoxy) is 1.